The van der Waals surface area contributed by atoms with Crippen LogP contribution in [-0.4, -0.2) is 40.3 Å². The zero-order valence-electron chi connectivity index (χ0n) is 16.5. The van der Waals surface area contributed by atoms with Gasteiger partial charge in [-0.25, -0.2) is 4.79 Å². The number of imide groups is 1. The summed E-state index contributed by atoms with van der Waals surface area (Å²) in [6.07, 6.45) is 1.06. The fourth-order valence-corrected chi connectivity index (χ4v) is 3.19. The van der Waals surface area contributed by atoms with Gasteiger partial charge in [-0.1, -0.05) is 31.2 Å². The monoisotopic (exact) mass is 410 g/mol. The van der Waals surface area contributed by atoms with E-state index in [1.165, 1.54) is 12.1 Å². The maximum Gasteiger partial charge on any atom is 0.325 e. The Kier molecular flexibility index (Phi) is 6.41. The van der Waals surface area contributed by atoms with Crippen LogP contribution in [0.2, 0.25) is 0 Å². The third-order valence-electron chi connectivity index (χ3n) is 4.76. The first-order valence-corrected chi connectivity index (χ1v) is 9.61. The molecule has 0 bridgehead atoms. The van der Waals surface area contributed by atoms with Crippen molar-refractivity contribution in [1.82, 2.24) is 15.5 Å². The summed E-state index contributed by atoms with van der Waals surface area (Å²) in [7, 11) is 0. The standard InChI is InChI=1S/C21H22N4O5/c1-2-10-22-19(26)16-5-3-4-15(11-16)13-24-20(27)18(23-21(24)28)12-14-6-8-17(9-7-14)25(29)30/h3-9,11,18H,2,10,12-13H2,1H3,(H,22,26)(H,23,28). The highest BCUT2D eigenvalue weighted by molar-refractivity contribution is 6.04. The molecule has 30 heavy (non-hydrogen) atoms. The molecule has 4 amide bonds. The number of nitrogens with zero attached hydrogens (tertiary/aromatic N) is 2. The molecule has 1 fully saturated rings. The van der Waals surface area contributed by atoms with E-state index in [2.05, 4.69) is 10.6 Å². The number of carbonyl (C=O) groups excluding carboxylic acids is 3. The number of carbonyl (C=O) groups is 3. The van der Waals surface area contributed by atoms with Crippen LogP contribution in [0, 0.1) is 10.1 Å². The van der Waals surface area contributed by atoms with Gasteiger partial charge in [-0.3, -0.25) is 24.6 Å². The molecule has 2 aromatic rings. The molecule has 1 aliphatic rings. The molecule has 156 valence electrons. The summed E-state index contributed by atoms with van der Waals surface area (Å²) >= 11 is 0. The van der Waals surface area contributed by atoms with Crippen LogP contribution in [0.1, 0.15) is 34.8 Å². The lowest BCUT2D eigenvalue weighted by Crippen LogP contribution is -2.32. The second kappa shape index (κ2) is 9.17. The minimum absolute atomic E-state index is 0.0370. The molecule has 0 saturated carbocycles. The molecular formula is C21H22N4O5. The molecular weight excluding hydrogens is 388 g/mol. The Hall–Kier alpha value is -3.75. The highest BCUT2D eigenvalue weighted by atomic mass is 16.6. The lowest BCUT2D eigenvalue weighted by molar-refractivity contribution is -0.384. The molecule has 1 heterocycles. The van der Waals surface area contributed by atoms with Crippen molar-refractivity contribution in [3.8, 4) is 0 Å². The summed E-state index contributed by atoms with van der Waals surface area (Å²) < 4.78 is 0. The van der Waals surface area contributed by atoms with Crippen LogP contribution in [0.5, 0.6) is 0 Å². The number of non-ortho nitro benzene ring substituents is 1. The summed E-state index contributed by atoms with van der Waals surface area (Å²) in [5.41, 5.74) is 1.80. The maximum absolute atomic E-state index is 12.7. The molecule has 0 aliphatic carbocycles. The summed E-state index contributed by atoms with van der Waals surface area (Å²) in [6, 6.07) is 11.4. The normalized spacial score (nSPS) is 15.8. The molecule has 0 radical (unpaired) electrons. The Labute approximate surface area is 173 Å². The van der Waals surface area contributed by atoms with Gasteiger partial charge in [0.15, 0.2) is 0 Å². The van der Waals surface area contributed by atoms with Crippen molar-refractivity contribution in [2.45, 2.75) is 32.4 Å². The van der Waals surface area contributed by atoms with E-state index >= 15 is 0 Å². The van der Waals surface area contributed by atoms with Crippen LogP contribution >= 0.6 is 0 Å². The number of benzene rings is 2. The topological polar surface area (TPSA) is 122 Å². The van der Waals surface area contributed by atoms with E-state index in [1.54, 1.807) is 36.4 Å². The molecule has 2 N–H and O–H groups in total. The van der Waals surface area contributed by atoms with Gasteiger partial charge in [-0.15, -0.1) is 0 Å². The number of nitro benzene ring substituents is 1. The lowest BCUT2D eigenvalue weighted by atomic mass is 10.1. The number of nitro groups is 1. The molecule has 9 heteroatoms. The number of amides is 4. The quantitative estimate of drug-likeness (QED) is 0.393. The highest BCUT2D eigenvalue weighted by Crippen LogP contribution is 2.18. The summed E-state index contributed by atoms with van der Waals surface area (Å²) in [4.78, 5) is 48.5. The van der Waals surface area contributed by atoms with Gasteiger partial charge in [0.05, 0.1) is 11.5 Å². The minimum Gasteiger partial charge on any atom is -0.352 e. The van der Waals surface area contributed by atoms with Gasteiger partial charge in [0.25, 0.3) is 17.5 Å². The van der Waals surface area contributed by atoms with Crippen LogP contribution in [0.4, 0.5) is 10.5 Å². The van der Waals surface area contributed by atoms with Gasteiger partial charge in [0, 0.05) is 30.7 Å². The van der Waals surface area contributed by atoms with Gasteiger partial charge >= 0.3 is 6.03 Å². The SMILES string of the molecule is CCCNC(=O)c1cccc(CN2C(=O)NC(Cc3ccc([N+](=O)[O-])cc3)C2=O)c1. The molecule has 1 unspecified atom stereocenters. The first-order valence-electron chi connectivity index (χ1n) is 9.61. The van der Waals surface area contributed by atoms with E-state index in [0.29, 0.717) is 23.2 Å². The second-order valence-corrected chi connectivity index (χ2v) is 7.01. The Bertz CT molecular complexity index is 974. The first kappa shape index (κ1) is 21.0. The number of nitrogens with one attached hydrogen (secondary N) is 2. The van der Waals surface area contributed by atoms with Gasteiger partial charge in [0.1, 0.15) is 6.04 Å². The van der Waals surface area contributed by atoms with Crippen molar-refractivity contribution in [3.05, 3.63) is 75.3 Å². The number of rotatable bonds is 8. The van der Waals surface area contributed by atoms with Crippen LogP contribution < -0.4 is 10.6 Å². The van der Waals surface area contributed by atoms with Gasteiger partial charge in [-0.2, -0.15) is 0 Å². The minimum atomic E-state index is -0.741. The Morgan fingerprint density at radius 3 is 2.57 bits per heavy atom. The van der Waals surface area contributed by atoms with Crippen molar-refractivity contribution in [3.63, 3.8) is 0 Å². The zero-order valence-corrected chi connectivity index (χ0v) is 16.5. The average molecular weight is 410 g/mol. The van der Waals surface area contributed by atoms with Crippen molar-refractivity contribution < 1.29 is 19.3 Å². The molecule has 0 spiro atoms. The van der Waals surface area contributed by atoms with Crippen molar-refractivity contribution in [1.29, 1.82) is 0 Å². The largest absolute Gasteiger partial charge is 0.352 e. The van der Waals surface area contributed by atoms with Crippen LogP contribution in [0.3, 0.4) is 0 Å². The highest BCUT2D eigenvalue weighted by Gasteiger charge is 2.37. The van der Waals surface area contributed by atoms with Crippen molar-refractivity contribution in [2.75, 3.05) is 6.54 Å². The molecule has 9 nitrogen and oxygen atoms in total. The summed E-state index contributed by atoms with van der Waals surface area (Å²) in [6.45, 7) is 2.58. The third-order valence-corrected chi connectivity index (χ3v) is 4.76. The van der Waals surface area contributed by atoms with Gasteiger partial charge in [0.2, 0.25) is 0 Å². The Morgan fingerprint density at radius 2 is 1.90 bits per heavy atom. The molecule has 0 aromatic heterocycles. The van der Waals surface area contributed by atoms with Gasteiger partial charge in [-0.05, 0) is 29.7 Å². The first-order chi connectivity index (χ1) is 14.4. The van der Waals surface area contributed by atoms with E-state index < -0.39 is 17.0 Å². The number of hydrogen-bond donors (Lipinski definition) is 2. The average Bonchev–Trinajstić information content (AvgIpc) is 3.00. The molecule has 1 saturated heterocycles. The molecule has 1 aliphatic heterocycles. The van der Waals surface area contributed by atoms with Crippen LogP contribution in [-0.2, 0) is 17.8 Å². The summed E-state index contributed by atoms with van der Waals surface area (Å²) in [5.74, 6) is -0.578. The zero-order chi connectivity index (χ0) is 21.7. The number of urea groups is 1. The fraction of sp³-hybridized carbons (Fsp3) is 0.286. The predicted molar refractivity (Wildman–Crippen MR) is 109 cm³/mol. The van der Waals surface area contributed by atoms with Gasteiger partial charge < -0.3 is 10.6 Å². The van der Waals surface area contributed by atoms with Crippen molar-refractivity contribution in [2.24, 2.45) is 0 Å². The Balaban J connectivity index is 1.66. The fourth-order valence-electron chi connectivity index (χ4n) is 3.19. The van der Waals surface area contributed by atoms with E-state index in [0.717, 1.165) is 11.3 Å². The van der Waals surface area contributed by atoms with E-state index in [-0.39, 0.29) is 30.5 Å². The third kappa shape index (κ3) is 4.80. The molecule has 2 aromatic carbocycles. The Morgan fingerprint density at radius 1 is 1.17 bits per heavy atom. The number of hydrogen-bond acceptors (Lipinski definition) is 5. The summed E-state index contributed by atoms with van der Waals surface area (Å²) in [5, 5.41) is 16.2. The maximum atomic E-state index is 12.7. The van der Waals surface area contributed by atoms with Crippen molar-refractivity contribution >= 4 is 23.5 Å². The molecule has 3 rings (SSSR count). The molecule has 1 atom stereocenters. The smallest absolute Gasteiger partial charge is 0.325 e. The van der Waals surface area contributed by atoms with E-state index in [1.807, 2.05) is 6.92 Å². The predicted octanol–water partition coefficient (Wildman–Crippen LogP) is 2.40. The lowest BCUT2D eigenvalue weighted by Gasteiger charge is -2.14. The van der Waals surface area contributed by atoms with Crippen LogP contribution in [0.25, 0.3) is 0 Å². The van der Waals surface area contributed by atoms with E-state index in [4.69, 9.17) is 0 Å². The second-order valence-electron chi connectivity index (χ2n) is 7.01. The van der Waals surface area contributed by atoms with Crippen LogP contribution in [0.15, 0.2) is 48.5 Å². The van der Waals surface area contributed by atoms with E-state index in [9.17, 15) is 24.5 Å².